The number of piperidine rings is 1. The number of nitrogens with zero attached hydrogens (tertiary/aromatic N) is 1. The van der Waals surface area contributed by atoms with Gasteiger partial charge in [-0.25, -0.2) is 0 Å². The maximum Gasteiger partial charge on any atom is 0.0565 e. The van der Waals surface area contributed by atoms with Gasteiger partial charge in [0.15, 0.2) is 0 Å². The van der Waals surface area contributed by atoms with Gasteiger partial charge in [0.25, 0.3) is 0 Å². The zero-order valence-electron chi connectivity index (χ0n) is 11.6. The average molecular weight is 240 g/mol. The summed E-state index contributed by atoms with van der Waals surface area (Å²) in [4.78, 5) is 2.67. The highest BCUT2D eigenvalue weighted by molar-refractivity contribution is 4.88. The zero-order valence-corrected chi connectivity index (χ0v) is 11.6. The third-order valence-electron chi connectivity index (χ3n) is 4.54. The van der Waals surface area contributed by atoms with Gasteiger partial charge in [-0.2, -0.15) is 0 Å². The minimum Gasteiger partial charge on any atom is -0.375 e. The summed E-state index contributed by atoms with van der Waals surface area (Å²) in [6.07, 6.45) is 5.59. The van der Waals surface area contributed by atoms with Crippen LogP contribution in [0.25, 0.3) is 0 Å². The summed E-state index contributed by atoms with van der Waals surface area (Å²) in [7, 11) is 0. The molecule has 0 saturated carbocycles. The van der Waals surface area contributed by atoms with Crippen molar-refractivity contribution in [3.8, 4) is 0 Å². The van der Waals surface area contributed by atoms with Crippen LogP contribution in [-0.2, 0) is 4.74 Å². The summed E-state index contributed by atoms with van der Waals surface area (Å²) in [5.41, 5.74) is 6.18. The number of likely N-dealkylation sites (tertiary alicyclic amines) is 1. The van der Waals surface area contributed by atoms with E-state index in [1.807, 2.05) is 0 Å². The lowest BCUT2D eigenvalue weighted by molar-refractivity contribution is -0.0719. The Labute approximate surface area is 106 Å². The smallest absolute Gasteiger partial charge is 0.0565 e. The van der Waals surface area contributed by atoms with E-state index in [1.54, 1.807) is 0 Å². The molecule has 17 heavy (non-hydrogen) atoms. The Kier molecular flexibility index (Phi) is 4.45. The summed E-state index contributed by atoms with van der Waals surface area (Å²) in [5.74, 6) is 0.692. The second-order valence-electron chi connectivity index (χ2n) is 6.00. The van der Waals surface area contributed by atoms with Crippen LogP contribution in [0.4, 0.5) is 0 Å². The standard InChI is InChI=1S/C14H28N2O/c1-4-12-9-16(6-5-14(12)15)13-7-10(2)17-11(3)8-13/h10-14H,4-9,15H2,1-3H3. The van der Waals surface area contributed by atoms with Crippen LogP contribution >= 0.6 is 0 Å². The maximum atomic E-state index is 6.18. The number of ether oxygens (including phenoxy) is 1. The largest absolute Gasteiger partial charge is 0.375 e. The van der Waals surface area contributed by atoms with Crippen LogP contribution in [0.3, 0.4) is 0 Å². The zero-order chi connectivity index (χ0) is 12.4. The average Bonchev–Trinajstić information content (AvgIpc) is 2.28. The van der Waals surface area contributed by atoms with E-state index in [-0.39, 0.29) is 0 Å². The summed E-state index contributed by atoms with van der Waals surface area (Å²) in [6.45, 7) is 9.05. The van der Waals surface area contributed by atoms with E-state index in [4.69, 9.17) is 10.5 Å². The number of hydrogen-bond donors (Lipinski definition) is 1. The van der Waals surface area contributed by atoms with Crippen molar-refractivity contribution in [3.05, 3.63) is 0 Å². The van der Waals surface area contributed by atoms with Crippen molar-refractivity contribution in [1.82, 2.24) is 4.90 Å². The molecular formula is C14H28N2O. The van der Waals surface area contributed by atoms with Gasteiger partial charge < -0.3 is 10.5 Å². The molecule has 4 unspecified atom stereocenters. The van der Waals surface area contributed by atoms with Gasteiger partial charge in [-0.1, -0.05) is 13.3 Å². The van der Waals surface area contributed by atoms with Gasteiger partial charge in [0.1, 0.15) is 0 Å². The maximum absolute atomic E-state index is 6.18. The molecule has 2 N–H and O–H groups in total. The van der Waals surface area contributed by atoms with E-state index in [9.17, 15) is 0 Å². The molecule has 0 aromatic carbocycles. The molecule has 3 nitrogen and oxygen atoms in total. The van der Waals surface area contributed by atoms with Crippen molar-refractivity contribution in [2.75, 3.05) is 13.1 Å². The minimum absolute atomic E-state index is 0.416. The predicted octanol–water partition coefficient (Wildman–Crippen LogP) is 2.00. The SMILES string of the molecule is CCC1CN(C2CC(C)OC(C)C2)CCC1N. The van der Waals surface area contributed by atoms with Gasteiger partial charge in [0, 0.05) is 18.6 Å². The minimum atomic E-state index is 0.416. The Balaban J connectivity index is 1.93. The molecule has 0 aromatic rings. The van der Waals surface area contributed by atoms with Crippen molar-refractivity contribution in [3.63, 3.8) is 0 Å². The molecule has 2 rings (SSSR count). The molecule has 2 heterocycles. The Morgan fingerprint density at radius 3 is 2.47 bits per heavy atom. The molecular weight excluding hydrogens is 212 g/mol. The van der Waals surface area contributed by atoms with E-state index in [0.717, 1.165) is 6.04 Å². The quantitative estimate of drug-likeness (QED) is 0.802. The first-order chi connectivity index (χ1) is 8.10. The molecule has 0 aromatic heterocycles. The van der Waals surface area contributed by atoms with Gasteiger partial charge in [0.05, 0.1) is 12.2 Å². The Hall–Kier alpha value is -0.120. The molecule has 2 saturated heterocycles. The Bertz CT molecular complexity index is 236. The van der Waals surface area contributed by atoms with E-state index in [1.165, 1.54) is 38.8 Å². The first kappa shape index (κ1) is 13.3. The summed E-state index contributed by atoms with van der Waals surface area (Å²) in [5, 5.41) is 0. The van der Waals surface area contributed by atoms with Gasteiger partial charge in [-0.05, 0) is 45.6 Å². The molecule has 0 radical (unpaired) electrons. The highest BCUT2D eigenvalue weighted by atomic mass is 16.5. The topological polar surface area (TPSA) is 38.5 Å². The lowest BCUT2D eigenvalue weighted by Gasteiger charge is -2.44. The van der Waals surface area contributed by atoms with E-state index >= 15 is 0 Å². The van der Waals surface area contributed by atoms with E-state index < -0.39 is 0 Å². The number of hydrogen-bond acceptors (Lipinski definition) is 3. The molecule has 2 fully saturated rings. The first-order valence-corrected chi connectivity index (χ1v) is 7.25. The summed E-state index contributed by atoms with van der Waals surface area (Å²) in [6, 6.07) is 1.14. The molecule has 100 valence electrons. The van der Waals surface area contributed by atoms with Crippen LogP contribution in [0, 0.1) is 5.92 Å². The summed E-state index contributed by atoms with van der Waals surface area (Å²) < 4.78 is 5.83. The Morgan fingerprint density at radius 1 is 1.24 bits per heavy atom. The van der Waals surface area contributed by atoms with Gasteiger partial charge in [0.2, 0.25) is 0 Å². The van der Waals surface area contributed by atoms with Crippen LogP contribution in [-0.4, -0.2) is 42.3 Å². The van der Waals surface area contributed by atoms with Gasteiger partial charge >= 0.3 is 0 Å². The second-order valence-corrected chi connectivity index (χ2v) is 6.00. The highest BCUT2D eigenvalue weighted by Gasteiger charge is 2.33. The fourth-order valence-electron chi connectivity index (χ4n) is 3.51. The van der Waals surface area contributed by atoms with E-state index in [2.05, 4.69) is 25.7 Å². The highest BCUT2D eigenvalue weighted by Crippen LogP contribution is 2.28. The Morgan fingerprint density at radius 2 is 1.88 bits per heavy atom. The molecule has 2 aliphatic rings. The van der Waals surface area contributed by atoms with Crippen molar-refractivity contribution in [1.29, 1.82) is 0 Å². The van der Waals surface area contributed by atoms with Crippen molar-refractivity contribution < 1.29 is 4.74 Å². The summed E-state index contributed by atoms with van der Waals surface area (Å²) >= 11 is 0. The molecule has 4 atom stereocenters. The third-order valence-corrected chi connectivity index (χ3v) is 4.54. The first-order valence-electron chi connectivity index (χ1n) is 7.25. The lowest BCUT2D eigenvalue weighted by atomic mass is 9.88. The van der Waals surface area contributed by atoms with Crippen LogP contribution < -0.4 is 5.73 Å². The molecule has 0 bridgehead atoms. The van der Waals surface area contributed by atoms with Gasteiger partial charge in [-0.3, -0.25) is 4.90 Å². The normalized spacial score (nSPS) is 44.8. The monoisotopic (exact) mass is 240 g/mol. The fourth-order valence-corrected chi connectivity index (χ4v) is 3.51. The molecule has 2 aliphatic heterocycles. The predicted molar refractivity (Wildman–Crippen MR) is 71.0 cm³/mol. The van der Waals surface area contributed by atoms with Crippen LogP contribution in [0.15, 0.2) is 0 Å². The van der Waals surface area contributed by atoms with Crippen molar-refractivity contribution in [2.24, 2.45) is 11.7 Å². The van der Waals surface area contributed by atoms with Crippen molar-refractivity contribution in [2.45, 2.75) is 70.7 Å². The molecule has 0 spiro atoms. The molecule has 3 heteroatoms. The third kappa shape index (κ3) is 3.21. The lowest BCUT2D eigenvalue weighted by Crippen LogP contribution is -2.53. The van der Waals surface area contributed by atoms with Crippen LogP contribution in [0.2, 0.25) is 0 Å². The van der Waals surface area contributed by atoms with E-state index in [0.29, 0.717) is 24.2 Å². The molecule has 0 amide bonds. The van der Waals surface area contributed by atoms with Crippen molar-refractivity contribution >= 4 is 0 Å². The number of nitrogens with two attached hydrogens (primary N) is 1. The van der Waals surface area contributed by atoms with Gasteiger partial charge in [-0.15, -0.1) is 0 Å². The van der Waals surface area contributed by atoms with Crippen LogP contribution in [0.1, 0.15) is 46.5 Å². The number of rotatable bonds is 2. The fraction of sp³-hybridized carbons (Fsp3) is 1.00. The van der Waals surface area contributed by atoms with Crippen LogP contribution in [0.5, 0.6) is 0 Å². The second kappa shape index (κ2) is 5.68. The molecule has 0 aliphatic carbocycles.